The molecule has 4 rings (SSSR count). The Balaban J connectivity index is 1.48. The largest absolute Gasteiger partial charge is 0.340 e. The second-order valence-electron chi connectivity index (χ2n) is 6.00. The molecule has 1 saturated heterocycles. The van der Waals surface area contributed by atoms with Crippen molar-refractivity contribution in [1.82, 2.24) is 25.1 Å². The van der Waals surface area contributed by atoms with Crippen LogP contribution in [0, 0.1) is 0 Å². The minimum absolute atomic E-state index is 0.00858. The molecule has 22 heavy (non-hydrogen) atoms. The van der Waals surface area contributed by atoms with Crippen LogP contribution in [0.25, 0.3) is 0 Å². The van der Waals surface area contributed by atoms with Gasteiger partial charge in [0.2, 0.25) is 0 Å². The maximum Gasteiger partial charge on any atom is 0.340 e. The maximum atomic E-state index is 12.6. The van der Waals surface area contributed by atoms with E-state index >= 15 is 0 Å². The second kappa shape index (κ2) is 5.35. The molecule has 0 bridgehead atoms. The molecule has 1 aliphatic carbocycles. The smallest absolute Gasteiger partial charge is 0.337 e. The normalized spacial score (nSPS) is 22.0. The van der Waals surface area contributed by atoms with Gasteiger partial charge in [0.05, 0.1) is 5.01 Å². The minimum atomic E-state index is -0.299. The number of H-pyrrole nitrogens is 2. The van der Waals surface area contributed by atoms with Gasteiger partial charge < -0.3 is 4.90 Å². The highest BCUT2D eigenvalue weighted by atomic mass is 32.1. The van der Waals surface area contributed by atoms with Crippen molar-refractivity contribution in [3.63, 3.8) is 0 Å². The van der Waals surface area contributed by atoms with Gasteiger partial charge in [0.25, 0.3) is 5.91 Å². The molecule has 7 nitrogen and oxygen atoms in total. The van der Waals surface area contributed by atoms with E-state index in [4.69, 9.17) is 0 Å². The Morgan fingerprint density at radius 3 is 2.91 bits per heavy atom. The third kappa shape index (κ3) is 2.58. The fourth-order valence-corrected chi connectivity index (χ4v) is 3.89. The van der Waals surface area contributed by atoms with Gasteiger partial charge in [-0.1, -0.05) is 0 Å². The standard InChI is InChI=1S/C14H17N5O2S/c20-13(10-7-22-12(15-10)8-3-4-8)19-5-1-2-9(6-19)11-16-14(21)18-17-11/h7-9H,1-6H2,(H2,16,17,18,21). The quantitative estimate of drug-likeness (QED) is 0.895. The number of piperidine rings is 1. The van der Waals surface area contributed by atoms with E-state index in [1.807, 2.05) is 10.3 Å². The van der Waals surface area contributed by atoms with E-state index in [-0.39, 0.29) is 17.5 Å². The minimum Gasteiger partial charge on any atom is -0.337 e. The van der Waals surface area contributed by atoms with Gasteiger partial charge in [0.15, 0.2) is 0 Å². The van der Waals surface area contributed by atoms with E-state index in [1.165, 1.54) is 12.8 Å². The maximum absolute atomic E-state index is 12.6. The highest BCUT2D eigenvalue weighted by Crippen LogP contribution is 2.41. The zero-order chi connectivity index (χ0) is 15.1. The number of rotatable bonds is 3. The van der Waals surface area contributed by atoms with Crippen molar-refractivity contribution in [3.05, 3.63) is 32.4 Å². The molecule has 1 saturated carbocycles. The Kier molecular flexibility index (Phi) is 3.33. The molecule has 2 aromatic rings. The third-order valence-electron chi connectivity index (χ3n) is 4.28. The van der Waals surface area contributed by atoms with Gasteiger partial charge in [-0.25, -0.2) is 14.9 Å². The summed E-state index contributed by atoms with van der Waals surface area (Å²) >= 11 is 1.59. The molecule has 1 amide bonds. The fourth-order valence-electron chi connectivity index (χ4n) is 2.93. The first-order valence-electron chi connectivity index (χ1n) is 7.60. The van der Waals surface area contributed by atoms with Crippen LogP contribution in [-0.2, 0) is 0 Å². The van der Waals surface area contributed by atoms with Gasteiger partial charge in [-0.2, -0.15) is 5.10 Å². The van der Waals surface area contributed by atoms with Crippen molar-refractivity contribution in [2.45, 2.75) is 37.5 Å². The third-order valence-corrected chi connectivity index (χ3v) is 5.29. The molecule has 8 heteroatoms. The Bertz CT molecular complexity index is 744. The lowest BCUT2D eigenvalue weighted by Gasteiger charge is -2.31. The first-order chi connectivity index (χ1) is 10.7. The Morgan fingerprint density at radius 2 is 2.18 bits per heavy atom. The van der Waals surface area contributed by atoms with Crippen molar-refractivity contribution >= 4 is 17.2 Å². The van der Waals surface area contributed by atoms with Crippen LogP contribution in [0.5, 0.6) is 0 Å². The van der Waals surface area contributed by atoms with Gasteiger partial charge >= 0.3 is 5.69 Å². The van der Waals surface area contributed by atoms with Crippen molar-refractivity contribution in [3.8, 4) is 0 Å². The number of carbonyl (C=O) groups is 1. The SMILES string of the molecule is O=C(c1csc(C2CC2)n1)N1CCCC(c2n[nH]c(=O)[nH]2)C1. The number of hydrogen-bond donors (Lipinski definition) is 2. The van der Waals surface area contributed by atoms with Crippen molar-refractivity contribution in [2.24, 2.45) is 0 Å². The van der Waals surface area contributed by atoms with Gasteiger partial charge in [0, 0.05) is 30.3 Å². The van der Waals surface area contributed by atoms with Crippen LogP contribution in [0.1, 0.15) is 58.8 Å². The molecule has 0 radical (unpaired) electrons. The molecule has 0 aromatic carbocycles. The molecular formula is C14H17N5O2S. The summed E-state index contributed by atoms with van der Waals surface area (Å²) in [6.45, 7) is 1.32. The van der Waals surface area contributed by atoms with Crippen molar-refractivity contribution in [1.29, 1.82) is 0 Å². The molecule has 1 aliphatic heterocycles. The fraction of sp³-hybridized carbons (Fsp3) is 0.571. The summed E-state index contributed by atoms with van der Waals surface area (Å²) < 4.78 is 0. The summed E-state index contributed by atoms with van der Waals surface area (Å²) in [5.74, 6) is 1.29. The van der Waals surface area contributed by atoms with Gasteiger partial charge in [-0.15, -0.1) is 11.3 Å². The van der Waals surface area contributed by atoms with Crippen LogP contribution >= 0.6 is 11.3 Å². The van der Waals surface area contributed by atoms with Crippen LogP contribution < -0.4 is 5.69 Å². The van der Waals surface area contributed by atoms with E-state index in [0.29, 0.717) is 24.0 Å². The molecule has 3 heterocycles. The number of likely N-dealkylation sites (tertiary alicyclic amines) is 1. The Labute approximate surface area is 130 Å². The zero-order valence-electron chi connectivity index (χ0n) is 12.0. The Hall–Kier alpha value is -1.96. The molecule has 116 valence electrons. The molecule has 0 spiro atoms. The molecule has 1 atom stereocenters. The van der Waals surface area contributed by atoms with Crippen LogP contribution in [0.4, 0.5) is 0 Å². The zero-order valence-corrected chi connectivity index (χ0v) is 12.9. The summed E-state index contributed by atoms with van der Waals surface area (Å²) in [5, 5.41) is 9.35. The highest BCUT2D eigenvalue weighted by molar-refractivity contribution is 7.10. The molecule has 1 unspecified atom stereocenters. The lowest BCUT2D eigenvalue weighted by Crippen LogP contribution is -2.39. The van der Waals surface area contributed by atoms with E-state index in [2.05, 4.69) is 20.2 Å². The molecule has 2 N–H and O–H groups in total. The summed E-state index contributed by atoms with van der Waals surface area (Å²) in [6, 6.07) is 0. The number of carbonyl (C=O) groups excluding carboxylic acids is 1. The summed E-state index contributed by atoms with van der Waals surface area (Å²) in [7, 11) is 0. The number of nitrogens with one attached hydrogen (secondary N) is 2. The van der Waals surface area contributed by atoms with E-state index in [9.17, 15) is 9.59 Å². The molecular weight excluding hydrogens is 302 g/mol. The predicted octanol–water partition coefficient (Wildman–Crippen LogP) is 1.45. The molecule has 2 aliphatic rings. The lowest BCUT2D eigenvalue weighted by atomic mass is 9.97. The van der Waals surface area contributed by atoms with E-state index < -0.39 is 0 Å². The number of amides is 1. The summed E-state index contributed by atoms with van der Waals surface area (Å²) in [6.07, 6.45) is 4.22. The summed E-state index contributed by atoms with van der Waals surface area (Å²) in [5.41, 5.74) is 0.259. The van der Waals surface area contributed by atoms with E-state index in [1.54, 1.807) is 11.3 Å². The molecule has 2 aromatic heterocycles. The summed E-state index contributed by atoms with van der Waals surface area (Å²) in [4.78, 5) is 32.8. The number of nitrogens with zero attached hydrogens (tertiary/aromatic N) is 3. The van der Waals surface area contributed by atoms with Crippen LogP contribution in [-0.4, -0.2) is 44.1 Å². The molecule has 2 fully saturated rings. The monoisotopic (exact) mass is 319 g/mol. The van der Waals surface area contributed by atoms with Crippen LogP contribution in [0.15, 0.2) is 10.2 Å². The van der Waals surface area contributed by atoms with Crippen molar-refractivity contribution < 1.29 is 4.79 Å². The van der Waals surface area contributed by atoms with Crippen LogP contribution in [0.2, 0.25) is 0 Å². The van der Waals surface area contributed by atoms with E-state index in [0.717, 1.165) is 24.4 Å². The second-order valence-corrected chi connectivity index (χ2v) is 6.89. The van der Waals surface area contributed by atoms with Crippen LogP contribution in [0.3, 0.4) is 0 Å². The lowest BCUT2D eigenvalue weighted by molar-refractivity contribution is 0.0699. The average Bonchev–Trinajstić information content (AvgIpc) is 3.10. The van der Waals surface area contributed by atoms with Crippen molar-refractivity contribution in [2.75, 3.05) is 13.1 Å². The first kappa shape index (κ1) is 13.7. The number of thiazole rings is 1. The number of hydrogen-bond acceptors (Lipinski definition) is 5. The number of aromatic nitrogens is 4. The van der Waals surface area contributed by atoms with Gasteiger partial charge in [-0.05, 0) is 25.7 Å². The highest BCUT2D eigenvalue weighted by Gasteiger charge is 2.31. The topological polar surface area (TPSA) is 94.7 Å². The predicted molar refractivity (Wildman–Crippen MR) is 81.2 cm³/mol. The average molecular weight is 319 g/mol. The number of aromatic amines is 2. The van der Waals surface area contributed by atoms with Gasteiger partial charge in [0.1, 0.15) is 11.5 Å². The first-order valence-corrected chi connectivity index (χ1v) is 8.48. The van der Waals surface area contributed by atoms with Gasteiger partial charge in [-0.3, -0.25) is 9.78 Å². The Morgan fingerprint density at radius 1 is 1.32 bits per heavy atom.